The Balaban J connectivity index is 1.74. The molecule has 0 saturated carbocycles. The van der Waals surface area contributed by atoms with Crippen LogP contribution in [0, 0.1) is 0 Å². The maximum atomic E-state index is 12.1. The van der Waals surface area contributed by atoms with E-state index >= 15 is 0 Å². The van der Waals surface area contributed by atoms with Crippen molar-refractivity contribution in [2.75, 3.05) is 13.2 Å². The standard InChI is InChI=1S/C20H22BrClN2O4/c1-2-3-4-11-27-16-8-5-14(6-9-16)20(26)24-23-19(25)13-28-18-10-7-15(22)12-17(18)21/h5-10,12H,2-4,11,13H2,1H3,(H,23,25)(H,24,26). The van der Waals surface area contributed by atoms with Crippen LogP contribution in [0.15, 0.2) is 46.9 Å². The van der Waals surface area contributed by atoms with E-state index in [9.17, 15) is 9.59 Å². The van der Waals surface area contributed by atoms with Crippen LogP contribution in [-0.4, -0.2) is 25.0 Å². The van der Waals surface area contributed by atoms with Crippen molar-refractivity contribution in [1.29, 1.82) is 0 Å². The Kier molecular flexibility index (Phi) is 9.10. The number of carbonyl (C=O) groups excluding carboxylic acids is 2. The van der Waals surface area contributed by atoms with Gasteiger partial charge in [-0.25, -0.2) is 0 Å². The molecule has 0 unspecified atom stereocenters. The van der Waals surface area contributed by atoms with Gasteiger partial charge in [0.05, 0.1) is 11.1 Å². The quantitative estimate of drug-likeness (QED) is 0.418. The average molecular weight is 470 g/mol. The molecule has 2 aromatic rings. The number of benzene rings is 2. The second-order valence-corrected chi connectivity index (χ2v) is 7.24. The van der Waals surface area contributed by atoms with Crippen LogP contribution in [0.1, 0.15) is 36.5 Å². The van der Waals surface area contributed by atoms with Crippen molar-refractivity contribution in [3.8, 4) is 11.5 Å². The number of hydrogen-bond acceptors (Lipinski definition) is 4. The topological polar surface area (TPSA) is 76.7 Å². The maximum absolute atomic E-state index is 12.1. The summed E-state index contributed by atoms with van der Waals surface area (Å²) in [6.45, 7) is 2.53. The molecule has 0 saturated heterocycles. The number of ether oxygens (including phenoxy) is 2. The SMILES string of the molecule is CCCCCOc1ccc(C(=O)NNC(=O)COc2ccc(Cl)cc2Br)cc1. The summed E-state index contributed by atoms with van der Waals surface area (Å²) in [6, 6.07) is 11.7. The molecule has 2 N–H and O–H groups in total. The third-order valence-corrected chi connectivity index (χ3v) is 4.56. The van der Waals surface area contributed by atoms with Crippen molar-refractivity contribution in [3.63, 3.8) is 0 Å². The predicted octanol–water partition coefficient (Wildman–Crippen LogP) is 4.51. The van der Waals surface area contributed by atoms with Crippen molar-refractivity contribution in [3.05, 3.63) is 57.5 Å². The number of halogens is 2. The van der Waals surface area contributed by atoms with Gasteiger partial charge in [0.2, 0.25) is 0 Å². The van der Waals surface area contributed by atoms with Crippen LogP contribution in [0.5, 0.6) is 11.5 Å². The molecule has 2 aromatic carbocycles. The first-order chi connectivity index (χ1) is 13.5. The normalized spacial score (nSPS) is 10.2. The van der Waals surface area contributed by atoms with E-state index in [4.69, 9.17) is 21.1 Å². The number of rotatable bonds is 9. The van der Waals surface area contributed by atoms with Gasteiger partial charge >= 0.3 is 0 Å². The lowest BCUT2D eigenvalue weighted by Gasteiger charge is -2.10. The van der Waals surface area contributed by atoms with Crippen LogP contribution >= 0.6 is 27.5 Å². The lowest BCUT2D eigenvalue weighted by Crippen LogP contribution is -2.43. The zero-order valence-electron chi connectivity index (χ0n) is 15.5. The molecule has 2 rings (SSSR count). The van der Waals surface area contributed by atoms with Gasteiger partial charge in [-0.2, -0.15) is 0 Å². The molecule has 0 spiro atoms. The fourth-order valence-corrected chi connectivity index (χ4v) is 3.01. The highest BCUT2D eigenvalue weighted by Crippen LogP contribution is 2.27. The summed E-state index contributed by atoms with van der Waals surface area (Å²) in [5, 5.41) is 0.549. The summed E-state index contributed by atoms with van der Waals surface area (Å²) < 4.78 is 11.6. The van der Waals surface area contributed by atoms with Crippen LogP contribution in [0.4, 0.5) is 0 Å². The summed E-state index contributed by atoms with van der Waals surface area (Å²) >= 11 is 9.15. The van der Waals surface area contributed by atoms with Crippen LogP contribution < -0.4 is 20.3 Å². The van der Waals surface area contributed by atoms with Gasteiger partial charge in [-0.05, 0) is 64.8 Å². The third-order valence-electron chi connectivity index (χ3n) is 3.70. The van der Waals surface area contributed by atoms with Crippen molar-refractivity contribution < 1.29 is 19.1 Å². The first kappa shape index (κ1) is 22.0. The number of amides is 2. The Hall–Kier alpha value is -2.25. The van der Waals surface area contributed by atoms with E-state index in [0.717, 1.165) is 19.3 Å². The van der Waals surface area contributed by atoms with Gasteiger partial charge in [0.15, 0.2) is 6.61 Å². The van der Waals surface area contributed by atoms with Gasteiger partial charge in [-0.1, -0.05) is 31.4 Å². The molecule has 150 valence electrons. The second-order valence-electron chi connectivity index (χ2n) is 5.95. The molecule has 0 aliphatic carbocycles. The monoisotopic (exact) mass is 468 g/mol. The summed E-state index contributed by atoms with van der Waals surface area (Å²) in [5.41, 5.74) is 5.06. The minimum Gasteiger partial charge on any atom is -0.494 e. The number of hydrazine groups is 1. The molecular weight excluding hydrogens is 448 g/mol. The van der Waals surface area contributed by atoms with Gasteiger partial charge in [-0.3, -0.25) is 20.4 Å². The average Bonchev–Trinajstić information content (AvgIpc) is 2.69. The number of unbranched alkanes of at least 4 members (excludes halogenated alkanes) is 2. The maximum Gasteiger partial charge on any atom is 0.276 e. The van der Waals surface area contributed by atoms with E-state index in [1.54, 1.807) is 42.5 Å². The second kappa shape index (κ2) is 11.6. The van der Waals surface area contributed by atoms with Crippen LogP contribution in [-0.2, 0) is 4.79 Å². The van der Waals surface area contributed by atoms with E-state index in [1.807, 2.05) is 0 Å². The molecule has 0 aliphatic heterocycles. The van der Waals surface area contributed by atoms with Crippen molar-refractivity contribution in [2.45, 2.75) is 26.2 Å². The van der Waals surface area contributed by atoms with E-state index in [2.05, 4.69) is 33.7 Å². The van der Waals surface area contributed by atoms with Gasteiger partial charge in [-0.15, -0.1) is 0 Å². The molecule has 0 fully saturated rings. The predicted molar refractivity (Wildman–Crippen MR) is 112 cm³/mol. The molecule has 0 aliphatic rings. The Bertz CT molecular complexity index is 799. The summed E-state index contributed by atoms with van der Waals surface area (Å²) in [6.07, 6.45) is 3.26. The van der Waals surface area contributed by atoms with Crippen LogP contribution in [0.25, 0.3) is 0 Å². The minimum atomic E-state index is -0.494. The smallest absolute Gasteiger partial charge is 0.276 e. The first-order valence-electron chi connectivity index (χ1n) is 8.89. The van der Waals surface area contributed by atoms with Crippen molar-refractivity contribution in [2.24, 2.45) is 0 Å². The molecule has 6 nitrogen and oxygen atoms in total. The van der Waals surface area contributed by atoms with Gasteiger partial charge in [0.1, 0.15) is 11.5 Å². The molecule has 28 heavy (non-hydrogen) atoms. The first-order valence-corrected chi connectivity index (χ1v) is 10.1. The summed E-state index contributed by atoms with van der Waals surface area (Å²) in [4.78, 5) is 23.9. The zero-order valence-corrected chi connectivity index (χ0v) is 17.8. The fourth-order valence-electron chi connectivity index (χ4n) is 2.21. The Labute approximate surface area is 177 Å². The van der Waals surface area contributed by atoms with Crippen molar-refractivity contribution >= 4 is 39.3 Å². The zero-order chi connectivity index (χ0) is 20.4. The molecule has 0 heterocycles. The van der Waals surface area contributed by atoms with E-state index in [0.29, 0.717) is 33.2 Å². The lowest BCUT2D eigenvalue weighted by atomic mass is 10.2. The fraction of sp³-hybridized carbons (Fsp3) is 0.300. The highest BCUT2D eigenvalue weighted by molar-refractivity contribution is 9.10. The minimum absolute atomic E-state index is 0.259. The number of carbonyl (C=O) groups is 2. The van der Waals surface area contributed by atoms with E-state index in [-0.39, 0.29) is 6.61 Å². The van der Waals surface area contributed by atoms with Crippen molar-refractivity contribution in [1.82, 2.24) is 10.9 Å². The highest BCUT2D eigenvalue weighted by atomic mass is 79.9. The third kappa shape index (κ3) is 7.40. The van der Waals surface area contributed by atoms with E-state index < -0.39 is 11.8 Å². The Morgan fingerprint density at radius 3 is 2.46 bits per heavy atom. The largest absolute Gasteiger partial charge is 0.494 e. The van der Waals surface area contributed by atoms with Crippen LogP contribution in [0.3, 0.4) is 0 Å². The summed E-state index contributed by atoms with van der Waals surface area (Å²) in [7, 11) is 0. The molecule has 0 aromatic heterocycles. The molecular formula is C20H22BrClN2O4. The molecule has 0 bridgehead atoms. The molecule has 0 atom stereocenters. The van der Waals surface area contributed by atoms with Crippen LogP contribution in [0.2, 0.25) is 5.02 Å². The number of hydrogen-bond donors (Lipinski definition) is 2. The molecule has 0 radical (unpaired) electrons. The highest BCUT2D eigenvalue weighted by Gasteiger charge is 2.09. The molecule has 2 amide bonds. The Morgan fingerprint density at radius 1 is 1.04 bits per heavy atom. The van der Waals surface area contributed by atoms with Gasteiger partial charge < -0.3 is 9.47 Å². The summed E-state index contributed by atoms with van der Waals surface area (Å²) in [5.74, 6) is 0.253. The van der Waals surface area contributed by atoms with E-state index in [1.165, 1.54) is 0 Å². The number of nitrogens with one attached hydrogen (secondary N) is 2. The molecule has 8 heteroatoms. The Morgan fingerprint density at radius 2 is 1.79 bits per heavy atom. The lowest BCUT2D eigenvalue weighted by molar-refractivity contribution is -0.123. The van der Waals surface area contributed by atoms with Gasteiger partial charge in [0.25, 0.3) is 11.8 Å². The van der Waals surface area contributed by atoms with Gasteiger partial charge in [0, 0.05) is 10.6 Å².